The number of thiophene rings is 1. The largest absolute Gasteiger partial charge is 0.439 e. The van der Waals surface area contributed by atoms with E-state index in [0.29, 0.717) is 27.5 Å². The molecule has 0 aliphatic heterocycles. The van der Waals surface area contributed by atoms with E-state index in [-0.39, 0.29) is 4.21 Å². The zero-order valence-corrected chi connectivity index (χ0v) is 16.6. The van der Waals surface area contributed by atoms with Crippen molar-refractivity contribution in [2.75, 3.05) is 4.72 Å². The molecule has 0 aliphatic rings. The summed E-state index contributed by atoms with van der Waals surface area (Å²) in [6.45, 7) is 0. The number of rotatable bonds is 6. The topological polar surface area (TPSA) is 86.1 Å². The molecule has 0 spiro atoms. The van der Waals surface area contributed by atoms with E-state index >= 15 is 0 Å². The highest BCUT2D eigenvalue weighted by Gasteiger charge is 2.16. The fraction of sp³-hybridized carbons (Fsp3) is 0. The summed E-state index contributed by atoms with van der Waals surface area (Å²) in [4.78, 5) is 8.29. The van der Waals surface area contributed by atoms with Gasteiger partial charge in [0, 0.05) is 24.1 Å². The van der Waals surface area contributed by atoms with Gasteiger partial charge in [0.15, 0.2) is 0 Å². The maximum Gasteiger partial charge on any atom is 0.271 e. The number of hydrogen-bond acceptors (Lipinski definition) is 6. The second-order valence-electron chi connectivity index (χ2n) is 5.60. The molecule has 0 radical (unpaired) electrons. The van der Waals surface area contributed by atoms with Crippen molar-refractivity contribution < 1.29 is 13.2 Å². The second-order valence-corrected chi connectivity index (χ2v) is 9.22. The van der Waals surface area contributed by atoms with Crippen LogP contribution in [0.4, 0.5) is 5.69 Å². The summed E-state index contributed by atoms with van der Waals surface area (Å²) >= 11 is 6.80. The number of aromatic nitrogens is 3. The predicted molar refractivity (Wildman–Crippen MR) is 108 cm³/mol. The van der Waals surface area contributed by atoms with Crippen molar-refractivity contribution in [3.05, 3.63) is 77.7 Å². The van der Waals surface area contributed by atoms with Crippen LogP contribution < -0.4 is 9.46 Å². The Morgan fingerprint density at radius 3 is 2.46 bits per heavy atom. The van der Waals surface area contributed by atoms with Gasteiger partial charge in [0.2, 0.25) is 5.88 Å². The van der Waals surface area contributed by atoms with Crippen molar-refractivity contribution in [2.24, 2.45) is 0 Å². The quantitative estimate of drug-likeness (QED) is 0.482. The Morgan fingerprint density at radius 1 is 1.04 bits per heavy atom. The van der Waals surface area contributed by atoms with Gasteiger partial charge >= 0.3 is 0 Å². The minimum Gasteiger partial charge on any atom is -0.439 e. The lowest BCUT2D eigenvalue weighted by Crippen LogP contribution is -2.11. The monoisotopic (exact) mass is 432 g/mol. The van der Waals surface area contributed by atoms with Gasteiger partial charge in [-0.3, -0.25) is 4.72 Å². The molecule has 28 heavy (non-hydrogen) atoms. The lowest BCUT2D eigenvalue weighted by Gasteiger charge is -2.09. The molecule has 0 amide bonds. The minimum atomic E-state index is -3.68. The van der Waals surface area contributed by atoms with Gasteiger partial charge in [0.1, 0.15) is 22.1 Å². The van der Waals surface area contributed by atoms with Crippen LogP contribution in [0.2, 0.25) is 4.34 Å². The summed E-state index contributed by atoms with van der Waals surface area (Å²) in [6.07, 6.45) is 5.15. The summed E-state index contributed by atoms with van der Waals surface area (Å²) in [6, 6.07) is 15.0. The van der Waals surface area contributed by atoms with Gasteiger partial charge in [-0.05, 0) is 48.5 Å². The lowest BCUT2D eigenvalue weighted by atomic mass is 10.3. The van der Waals surface area contributed by atoms with Crippen molar-refractivity contribution in [3.63, 3.8) is 0 Å². The Hall–Kier alpha value is -2.88. The van der Waals surface area contributed by atoms with E-state index < -0.39 is 10.0 Å². The average molecular weight is 433 g/mol. The van der Waals surface area contributed by atoms with E-state index in [0.717, 1.165) is 11.3 Å². The summed E-state index contributed by atoms with van der Waals surface area (Å²) in [5, 5.41) is 0. The van der Waals surface area contributed by atoms with Crippen molar-refractivity contribution in [1.29, 1.82) is 0 Å². The zero-order chi connectivity index (χ0) is 19.6. The first kappa shape index (κ1) is 18.5. The summed E-state index contributed by atoms with van der Waals surface area (Å²) < 4.78 is 35.3. The molecule has 0 atom stereocenters. The molecule has 7 nitrogen and oxygen atoms in total. The SMILES string of the molecule is O=S(=O)(Nc1ccc(Oc2cc(-n3cccc3)ncn2)cc1)c1ccc(Cl)s1. The standard InChI is InChI=1S/C18H13ClN4O3S2/c19-15-7-8-18(27-15)28(24,25)22-13-3-5-14(6-4-13)26-17-11-16(20-12-21-17)23-9-1-2-10-23/h1-12,22H. The molecule has 0 saturated heterocycles. The van der Waals surface area contributed by atoms with Crippen LogP contribution in [0.25, 0.3) is 5.82 Å². The minimum absolute atomic E-state index is 0.149. The first-order chi connectivity index (χ1) is 13.5. The maximum absolute atomic E-state index is 12.3. The van der Waals surface area contributed by atoms with Gasteiger partial charge in [0.25, 0.3) is 10.0 Å². The molecular formula is C18H13ClN4O3S2. The van der Waals surface area contributed by atoms with Crippen LogP contribution >= 0.6 is 22.9 Å². The zero-order valence-electron chi connectivity index (χ0n) is 14.2. The first-order valence-corrected chi connectivity index (χ1v) is 10.7. The molecule has 0 fully saturated rings. The Bertz CT molecular complexity index is 1190. The van der Waals surface area contributed by atoms with Crippen LogP contribution in [0.3, 0.4) is 0 Å². The smallest absolute Gasteiger partial charge is 0.271 e. The van der Waals surface area contributed by atoms with Gasteiger partial charge in [-0.25, -0.2) is 18.4 Å². The van der Waals surface area contributed by atoms with Crippen molar-refractivity contribution in [1.82, 2.24) is 14.5 Å². The maximum atomic E-state index is 12.3. The van der Waals surface area contributed by atoms with E-state index in [2.05, 4.69) is 14.7 Å². The molecular weight excluding hydrogens is 420 g/mol. The summed E-state index contributed by atoms with van der Waals surface area (Å²) in [5.74, 6) is 1.56. The van der Waals surface area contributed by atoms with Crippen molar-refractivity contribution >= 4 is 38.6 Å². The van der Waals surface area contributed by atoms with Crippen LogP contribution in [0.15, 0.2) is 77.5 Å². The molecule has 10 heteroatoms. The van der Waals surface area contributed by atoms with E-state index in [9.17, 15) is 8.42 Å². The fourth-order valence-electron chi connectivity index (χ4n) is 2.37. The van der Waals surface area contributed by atoms with Crippen LogP contribution in [-0.4, -0.2) is 23.0 Å². The van der Waals surface area contributed by atoms with E-state index in [1.165, 1.54) is 12.4 Å². The molecule has 1 N–H and O–H groups in total. The number of nitrogens with one attached hydrogen (secondary N) is 1. The third-order valence-corrected chi connectivity index (χ3v) is 6.74. The highest BCUT2D eigenvalue weighted by Crippen LogP contribution is 2.28. The highest BCUT2D eigenvalue weighted by molar-refractivity contribution is 7.94. The fourth-order valence-corrected chi connectivity index (χ4v) is 4.91. The van der Waals surface area contributed by atoms with Crippen molar-refractivity contribution in [2.45, 2.75) is 4.21 Å². The molecule has 4 rings (SSSR count). The molecule has 0 aliphatic carbocycles. The van der Waals surface area contributed by atoms with Gasteiger partial charge in [-0.2, -0.15) is 0 Å². The number of halogens is 1. The number of sulfonamides is 1. The number of hydrogen-bond donors (Lipinski definition) is 1. The van der Waals surface area contributed by atoms with Gasteiger partial charge < -0.3 is 9.30 Å². The van der Waals surface area contributed by atoms with E-state index in [4.69, 9.17) is 16.3 Å². The van der Waals surface area contributed by atoms with Crippen LogP contribution in [0.1, 0.15) is 0 Å². The molecule has 0 saturated carbocycles. The number of nitrogens with zero attached hydrogens (tertiary/aromatic N) is 3. The van der Waals surface area contributed by atoms with E-state index in [1.807, 2.05) is 29.1 Å². The predicted octanol–water partition coefficient (Wildman–Crippen LogP) is 4.58. The molecule has 1 aromatic carbocycles. The van der Waals surface area contributed by atoms with Gasteiger partial charge in [-0.1, -0.05) is 11.6 Å². The lowest BCUT2D eigenvalue weighted by molar-refractivity contribution is 0.461. The molecule has 4 aromatic rings. The summed E-state index contributed by atoms with van der Waals surface area (Å²) in [7, 11) is -3.68. The van der Waals surface area contributed by atoms with Gasteiger partial charge in [0.05, 0.1) is 4.34 Å². The van der Waals surface area contributed by atoms with Crippen LogP contribution in [0.5, 0.6) is 11.6 Å². The molecule has 142 valence electrons. The Morgan fingerprint density at radius 2 is 1.79 bits per heavy atom. The van der Waals surface area contributed by atoms with Crippen molar-refractivity contribution in [3.8, 4) is 17.4 Å². The Balaban J connectivity index is 1.47. The van der Waals surface area contributed by atoms with Crippen LogP contribution in [0, 0.1) is 0 Å². The molecule has 0 unspecified atom stereocenters. The van der Waals surface area contributed by atoms with Gasteiger partial charge in [-0.15, -0.1) is 11.3 Å². The Labute approximate surface area is 170 Å². The first-order valence-electron chi connectivity index (χ1n) is 8.01. The summed E-state index contributed by atoms with van der Waals surface area (Å²) in [5.41, 5.74) is 0.410. The third-order valence-electron chi connectivity index (χ3n) is 3.64. The molecule has 3 aromatic heterocycles. The molecule has 0 bridgehead atoms. The average Bonchev–Trinajstić information content (AvgIpc) is 3.35. The normalized spacial score (nSPS) is 11.3. The number of anilines is 1. The Kier molecular flexibility index (Phi) is 5.03. The number of ether oxygens (including phenoxy) is 1. The number of benzene rings is 1. The highest BCUT2D eigenvalue weighted by atomic mass is 35.5. The molecule has 3 heterocycles. The van der Waals surface area contributed by atoms with Crippen LogP contribution in [-0.2, 0) is 10.0 Å². The third kappa shape index (κ3) is 4.16. The second kappa shape index (κ2) is 7.63. The van der Waals surface area contributed by atoms with E-state index in [1.54, 1.807) is 36.4 Å².